The van der Waals surface area contributed by atoms with Crippen LogP contribution >= 0.6 is 0 Å². The number of allylic oxidation sites excluding steroid dienone is 3. The number of hydrogen-bond donors (Lipinski definition) is 1. The highest BCUT2D eigenvalue weighted by atomic mass is 16.5. The third kappa shape index (κ3) is 4.14. The number of carboxylic acids is 1. The van der Waals surface area contributed by atoms with Gasteiger partial charge in [-0.3, -0.25) is 0 Å². The molecule has 0 aromatic heterocycles. The summed E-state index contributed by atoms with van der Waals surface area (Å²) in [6.45, 7) is 17.1. The molecule has 2 aliphatic rings. The molecule has 3 heteroatoms. The fourth-order valence-electron chi connectivity index (χ4n) is 5.32. The maximum atomic E-state index is 10.9. The van der Waals surface area contributed by atoms with Gasteiger partial charge < -0.3 is 9.84 Å². The molecule has 0 saturated heterocycles. The van der Waals surface area contributed by atoms with Crippen LogP contribution in [0.4, 0.5) is 0 Å². The smallest absolute Gasteiger partial charge is 0.328 e. The van der Waals surface area contributed by atoms with Crippen LogP contribution in [0, 0.1) is 11.8 Å². The quantitative estimate of drug-likeness (QED) is 0.432. The van der Waals surface area contributed by atoms with Crippen molar-refractivity contribution in [2.45, 2.75) is 77.6 Å². The van der Waals surface area contributed by atoms with Crippen LogP contribution in [-0.4, -0.2) is 24.3 Å². The second-order valence-corrected chi connectivity index (χ2v) is 10.7. The molecule has 30 heavy (non-hydrogen) atoms. The van der Waals surface area contributed by atoms with Gasteiger partial charge in [0.2, 0.25) is 0 Å². The number of carbonyl (C=O) groups is 1. The number of fused-ring (bicyclic) bond motifs is 1. The first kappa shape index (κ1) is 22.8. The Labute approximate surface area is 182 Å². The number of rotatable bonds is 7. The number of carboxylic acid groups (broad SMARTS) is 1. The Morgan fingerprint density at radius 2 is 1.77 bits per heavy atom. The predicted molar refractivity (Wildman–Crippen MR) is 123 cm³/mol. The fraction of sp³-hybridized carbons (Fsp3) is 0.593. The molecule has 3 rings (SSSR count). The van der Waals surface area contributed by atoms with Gasteiger partial charge in [0.1, 0.15) is 0 Å². The van der Waals surface area contributed by atoms with Gasteiger partial charge in [0.05, 0.1) is 6.61 Å². The number of ether oxygens (including phenoxy) is 1. The Bertz CT molecular complexity index is 874. The highest BCUT2D eigenvalue weighted by Crippen LogP contribution is 2.61. The number of benzene rings is 1. The Morgan fingerprint density at radius 3 is 2.37 bits per heavy atom. The normalized spacial score (nSPS) is 29.6. The van der Waals surface area contributed by atoms with E-state index < -0.39 is 5.97 Å². The lowest BCUT2D eigenvalue weighted by Crippen LogP contribution is -2.34. The lowest BCUT2D eigenvalue weighted by Gasteiger charge is -2.42. The van der Waals surface area contributed by atoms with E-state index in [2.05, 4.69) is 58.9 Å². The average Bonchev–Trinajstić information content (AvgIpc) is 3.25. The molecule has 164 valence electrons. The van der Waals surface area contributed by atoms with Crippen molar-refractivity contribution in [2.75, 3.05) is 13.2 Å². The molecule has 1 N–H and O–H groups in total. The van der Waals surface area contributed by atoms with Gasteiger partial charge in [-0.2, -0.15) is 0 Å². The first-order valence-corrected chi connectivity index (χ1v) is 11.3. The molecule has 0 bridgehead atoms. The van der Waals surface area contributed by atoms with Crippen LogP contribution in [0.1, 0.15) is 78.0 Å². The van der Waals surface area contributed by atoms with Crippen molar-refractivity contribution in [1.29, 1.82) is 0 Å². The topological polar surface area (TPSA) is 46.5 Å². The summed E-state index contributed by atoms with van der Waals surface area (Å²) in [5.41, 5.74) is 5.54. The highest BCUT2D eigenvalue weighted by Gasteiger charge is 2.60. The second kappa shape index (κ2) is 8.00. The van der Waals surface area contributed by atoms with Crippen LogP contribution in [0.3, 0.4) is 0 Å². The minimum Gasteiger partial charge on any atom is -0.478 e. The molecule has 1 aromatic carbocycles. The minimum absolute atomic E-state index is 0.0157. The van der Waals surface area contributed by atoms with Gasteiger partial charge >= 0.3 is 5.97 Å². The van der Waals surface area contributed by atoms with Gasteiger partial charge in [-0.1, -0.05) is 65.0 Å². The summed E-state index contributed by atoms with van der Waals surface area (Å²) in [6.07, 6.45) is 7.83. The van der Waals surface area contributed by atoms with Crippen molar-refractivity contribution < 1.29 is 14.6 Å². The van der Waals surface area contributed by atoms with E-state index in [9.17, 15) is 4.79 Å². The standard InChI is InChI=1S/C27H38O3/c1-8-30-17-23-21(11-9-18(2)15-24(28)29)27(23,7)19-10-12-20-22(16-19)26(5,6)14-13-25(20,3)4/h9-12,15-16,21,23H,8,13-14,17H2,1-7H3,(H,28,29)/t21-,23-,27+/m1/s1. The van der Waals surface area contributed by atoms with Crippen LogP contribution in [0.2, 0.25) is 0 Å². The van der Waals surface area contributed by atoms with Gasteiger partial charge in [0, 0.05) is 18.1 Å². The summed E-state index contributed by atoms with van der Waals surface area (Å²) in [6, 6.07) is 7.15. The molecule has 1 fully saturated rings. The van der Waals surface area contributed by atoms with Crippen molar-refractivity contribution in [3.8, 4) is 0 Å². The molecule has 0 unspecified atom stereocenters. The summed E-state index contributed by atoms with van der Waals surface area (Å²) >= 11 is 0. The molecule has 3 nitrogen and oxygen atoms in total. The molecule has 1 saturated carbocycles. The van der Waals surface area contributed by atoms with E-state index in [1.54, 1.807) is 0 Å². The first-order chi connectivity index (χ1) is 13.9. The van der Waals surface area contributed by atoms with Crippen LogP contribution in [0.15, 0.2) is 42.0 Å². The van der Waals surface area contributed by atoms with Crippen molar-refractivity contribution in [2.24, 2.45) is 11.8 Å². The van der Waals surface area contributed by atoms with Gasteiger partial charge in [-0.25, -0.2) is 4.79 Å². The molecule has 2 aliphatic carbocycles. The summed E-state index contributed by atoms with van der Waals surface area (Å²) in [7, 11) is 0. The van der Waals surface area contributed by atoms with Crippen molar-refractivity contribution in [3.63, 3.8) is 0 Å². The van der Waals surface area contributed by atoms with E-state index in [-0.39, 0.29) is 16.2 Å². The average molecular weight is 411 g/mol. The van der Waals surface area contributed by atoms with E-state index in [1.165, 1.54) is 35.6 Å². The van der Waals surface area contributed by atoms with Crippen LogP contribution in [0.25, 0.3) is 0 Å². The maximum Gasteiger partial charge on any atom is 0.328 e. The summed E-state index contributed by atoms with van der Waals surface area (Å²) in [5, 5.41) is 8.99. The zero-order valence-corrected chi connectivity index (χ0v) is 19.7. The van der Waals surface area contributed by atoms with Gasteiger partial charge in [0.15, 0.2) is 0 Å². The zero-order chi connectivity index (χ0) is 22.3. The highest BCUT2D eigenvalue weighted by molar-refractivity contribution is 5.81. The summed E-state index contributed by atoms with van der Waals surface area (Å²) < 4.78 is 5.82. The molecule has 0 aliphatic heterocycles. The third-order valence-electron chi connectivity index (χ3n) is 7.68. The van der Waals surface area contributed by atoms with E-state index in [1.807, 2.05) is 19.9 Å². The van der Waals surface area contributed by atoms with E-state index in [0.717, 1.165) is 12.2 Å². The summed E-state index contributed by atoms with van der Waals surface area (Å²) in [4.78, 5) is 10.9. The third-order valence-corrected chi connectivity index (χ3v) is 7.68. The van der Waals surface area contributed by atoms with E-state index in [4.69, 9.17) is 9.84 Å². The van der Waals surface area contributed by atoms with Crippen LogP contribution in [-0.2, 0) is 25.8 Å². The number of hydrogen-bond acceptors (Lipinski definition) is 2. The van der Waals surface area contributed by atoms with Crippen LogP contribution in [0.5, 0.6) is 0 Å². The van der Waals surface area contributed by atoms with Gasteiger partial charge in [0.25, 0.3) is 0 Å². The number of aliphatic carboxylic acids is 1. The molecular weight excluding hydrogens is 372 g/mol. The van der Waals surface area contributed by atoms with Crippen molar-refractivity contribution in [1.82, 2.24) is 0 Å². The Kier molecular flexibility index (Phi) is 6.08. The summed E-state index contributed by atoms with van der Waals surface area (Å²) in [5.74, 6) is -0.149. The molecule has 0 radical (unpaired) electrons. The molecular formula is C27H38O3. The fourth-order valence-corrected chi connectivity index (χ4v) is 5.32. The molecule has 1 aromatic rings. The van der Waals surface area contributed by atoms with Crippen molar-refractivity contribution >= 4 is 5.97 Å². The largest absolute Gasteiger partial charge is 0.478 e. The minimum atomic E-state index is -0.902. The Hall–Kier alpha value is -1.87. The molecule has 0 amide bonds. The molecule has 3 atom stereocenters. The lowest BCUT2D eigenvalue weighted by molar-refractivity contribution is -0.131. The maximum absolute atomic E-state index is 10.9. The molecule has 0 spiro atoms. The molecule has 0 heterocycles. The van der Waals surface area contributed by atoms with Crippen LogP contribution < -0.4 is 0 Å². The van der Waals surface area contributed by atoms with E-state index >= 15 is 0 Å². The lowest BCUT2D eigenvalue weighted by atomic mass is 9.62. The first-order valence-electron chi connectivity index (χ1n) is 11.3. The van der Waals surface area contributed by atoms with E-state index in [0.29, 0.717) is 18.4 Å². The SMILES string of the molecule is CCOC[C@@H]1[C@@H](C=CC(C)=CC(=O)O)[C@]1(C)c1ccc2c(c1)C(C)(C)CCC2(C)C. The monoisotopic (exact) mass is 410 g/mol. The second-order valence-electron chi connectivity index (χ2n) is 10.7. The Morgan fingerprint density at radius 1 is 1.13 bits per heavy atom. The Balaban J connectivity index is 1.97. The van der Waals surface area contributed by atoms with Crippen molar-refractivity contribution in [3.05, 3.63) is 58.7 Å². The van der Waals surface area contributed by atoms with Gasteiger partial charge in [-0.15, -0.1) is 0 Å². The zero-order valence-electron chi connectivity index (χ0n) is 19.7. The van der Waals surface area contributed by atoms with Gasteiger partial charge in [-0.05, 0) is 71.6 Å². The predicted octanol–water partition coefficient (Wildman–Crippen LogP) is 6.16.